The minimum Gasteiger partial charge on any atom is -0.454 e. The van der Waals surface area contributed by atoms with Crippen molar-refractivity contribution in [2.45, 2.75) is 32.2 Å². The minimum absolute atomic E-state index is 0.0810. The van der Waals surface area contributed by atoms with E-state index >= 15 is 0 Å². The Morgan fingerprint density at radius 1 is 1.24 bits per heavy atom. The predicted molar refractivity (Wildman–Crippen MR) is 92.9 cm³/mol. The number of hydrazone groups is 1. The number of fused-ring (bicyclic) bond motifs is 2. The van der Waals surface area contributed by atoms with Gasteiger partial charge in [-0.05, 0) is 30.9 Å². The Morgan fingerprint density at radius 2 is 2.00 bits per heavy atom. The molecule has 5 rings (SSSR count). The first-order valence-electron chi connectivity index (χ1n) is 8.37. The summed E-state index contributed by atoms with van der Waals surface area (Å²) in [6.07, 6.45) is 3.04. The fourth-order valence-corrected chi connectivity index (χ4v) is 3.79. The Hall–Kier alpha value is -2.34. The van der Waals surface area contributed by atoms with Crippen molar-refractivity contribution in [2.24, 2.45) is 11.0 Å². The average Bonchev–Trinajstić information content (AvgIpc) is 3.17. The SMILES string of the molecule is CC(=O)N1N=C(C2CC2)C[C@H]1c1cc2cc3c(cc2nc1Cl)OCO3. The maximum absolute atomic E-state index is 12.1. The van der Waals surface area contributed by atoms with Crippen LogP contribution in [-0.4, -0.2) is 28.4 Å². The predicted octanol–water partition coefficient (Wildman–Crippen LogP) is 3.68. The number of rotatable bonds is 2. The van der Waals surface area contributed by atoms with Crippen LogP contribution in [0.2, 0.25) is 5.15 Å². The molecule has 0 bridgehead atoms. The molecule has 0 saturated heterocycles. The second kappa shape index (κ2) is 5.33. The zero-order valence-corrected chi connectivity index (χ0v) is 14.4. The smallest absolute Gasteiger partial charge is 0.240 e. The van der Waals surface area contributed by atoms with Crippen LogP contribution >= 0.6 is 11.6 Å². The van der Waals surface area contributed by atoms with Gasteiger partial charge in [-0.2, -0.15) is 5.10 Å². The zero-order valence-electron chi connectivity index (χ0n) is 13.7. The molecule has 2 aromatic rings. The largest absolute Gasteiger partial charge is 0.454 e. The molecule has 3 heterocycles. The molecule has 3 aliphatic rings. The van der Waals surface area contributed by atoms with Crippen LogP contribution in [0.25, 0.3) is 10.9 Å². The number of ether oxygens (including phenoxy) is 2. The van der Waals surface area contributed by atoms with Crippen molar-refractivity contribution in [1.82, 2.24) is 9.99 Å². The minimum atomic E-state index is -0.192. The molecular weight excluding hydrogens is 342 g/mol. The summed E-state index contributed by atoms with van der Waals surface area (Å²) in [4.78, 5) is 16.6. The Bertz CT molecular complexity index is 939. The standard InChI is InChI=1S/C18H16ClN3O3/c1-9(23)22-15(6-14(21-22)10-2-3-10)12-4-11-5-16-17(25-8-24-16)7-13(11)20-18(12)19/h4-5,7,10,15H,2-3,6,8H2,1H3/t15-/m0/s1. The van der Waals surface area contributed by atoms with E-state index in [1.807, 2.05) is 18.2 Å². The van der Waals surface area contributed by atoms with Gasteiger partial charge in [0.15, 0.2) is 11.5 Å². The molecule has 1 amide bonds. The lowest BCUT2D eigenvalue weighted by Crippen LogP contribution is -2.24. The van der Waals surface area contributed by atoms with Crippen molar-refractivity contribution < 1.29 is 14.3 Å². The number of pyridine rings is 1. The summed E-state index contributed by atoms with van der Waals surface area (Å²) < 4.78 is 10.8. The second-order valence-electron chi connectivity index (χ2n) is 6.72. The van der Waals surface area contributed by atoms with Crippen LogP contribution in [0.1, 0.15) is 37.8 Å². The van der Waals surface area contributed by atoms with Crippen molar-refractivity contribution in [1.29, 1.82) is 0 Å². The van der Waals surface area contributed by atoms with Gasteiger partial charge in [0.2, 0.25) is 12.7 Å². The van der Waals surface area contributed by atoms with Crippen LogP contribution in [0.5, 0.6) is 11.5 Å². The summed E-state index contributed by atoms with van der Waals surface area (Å²) in [5, 5.41) is 7.41. The van der Waals surface area contributed by atoms with Crippen LogP contribution in [0.4, 0.5) is 0 Å². The third-order valence-corrected chi connectivity index (χ3v) is 5.26. The highest BCUT2D eigenvalue weighted by Crippen LogP contribution is 2.43. The lowest BCUT2D eigenvalue weighted by atomic mass is 10.00. The first-order chi connectivity index (χ1) is 12.1. The highest BCUT2D eigenvalue weighted by Gasteiger charge is 2.39. The van der Waals surface area contributed by atoms with E-state index in [4.69, 9.17) is 21.1 Å². The van der Waals surface area contributed by atoms with E-state index in [-0.39, 0.29) is 18.7 Å². The van der Waals surface area contributed by atoms with E-state index in [9.17, 15) is 4.79 Å². The Kier molecular flexibility index (Phi) is 3.19. The van der Waals surface area contributed by atoms with Gasteiger partial charge in [-0.15, -0.1) is 0 Å². The molecule has 0 N–H and O–H groups in total. The van der Waals surface area contributed by atoms with Crippen LogP contribution < -0.4 is 9.47 Å². The number of carbonyl (C=O) groups is 1. The first kappa shape index (κ1) is 15.0. The Balaban J connectivity index is 1.58. The van der Waals surface area contributed by atoms with E-state index in [1.54, 1.807) is 5.01 Å². The first-order valence-corrected chi connectivity index (χ1v) is 8.75. The molecule has 1 fully saturated rings. The molecule has 1 atom stereocenters. The summed E-state index contributed by atoms with van der Waals surface area (Å²) in [5.74, 6) is 1.82. The molecule has 0 radical (unpaired) electrons. The van der Waals surface area contributed by atoms with Crippen molar-refractivity contribution in [2.75, 3.05) is 6.79 Å². The Labute approximate surface area is 149 Å². The fraction of sp³-hybridized carbons (Fsp3) is 0.389. The monoisotopic (exact) mass is 357 g/mol. The van der Waals surface area contributed by atoms with Gasteiger partial charge in [-0.3, -0.25) is 4.79 Å². The lowest BCUT2D eigenvalue weighted by molar-refractivity contribution is -0.130. The zero-order chi connectivity index (χ0) is 17.1. The molecule has 1 saturated carbocycles. The second-order valence-corrected chi connectivity index (χ2v) is 7.07. The topological polar surface area (TPSA) is 64.0 Å². The Morgan fingerprint density at radius 3 is 2.72 bits per heavy atom. The number of hydrogen-bond acceptors (Lipinski definition) is 5. The van der Waals surface area contributed by atoms with E-state index in [0.29, 0.717) is 22.6 Å². The van der Waals surface area contributed by atoms with Crippen LogP contribution in [0, 0.1) is 5.92 Å². The van der Waals surface area contributed by atoms with Crippen LogP contribution in [0.15, 0.2) is 23.3 Å². The third-order valence-electron chi connectivity index (χ3n) is 4.95. The number of aromatic nitrogens is 1. The number of carbonyl (C=O) groups excluding carboxylic acids is 1. The lowest BCUT2D eigenvalue weighted by Gasteiger charge is -2.21. The van der Waals surface area contributed by atoms with Crippen molar-refractivity contribution in [3.63, 3.8) is 0 Å². The van der Waals surface area contributed by atoms with Gasteiger partial charge in [-0.1, -0.05) is 11.6 Å². The molecular formula is C18H16ClN3O3. The summed E-state index contributed by atoms with van der Waals surface area (Å²) in [6, 6.07) is 5.53. The van der Waals surface area contributed by atoms with Crippen LogP contribution in [0.3, 0.4) is 0 Å². The molecule has 1 aromatic carbocycles. The number of hydrogen-bond donors (Lipinski definition) is 0. The molecule has 0 unspecified atom stereocenters. The van der Waals surface area contributed by atoms with Gasteiger partial charge in [0.1, 0.15) is 5.15 Å². The maximum atomic E-state index is 12.1. The quantitative estimate of drug-likeness (QED) is 0.769. The van der Waals surface area contributed by atoms with E-state index < -0.39 is 0 Å². The number of nitrogens with zero attached hydrogens (tertiary/aromatic N) is 3. The van der Waals surface area contributed by atoms with Crippen molar-refractivity contribution >= 4 is 34.1 Å². The molecule has 6 nitrogen and oxygen atoms in total. The van der Waals surface area contributed by atoms with Gasteiger partial charge in [-0.25, -0.2) is 9.99 Å². The van der Waals surface area contributed by atoms with E-state index in [2.05, 4.69) is 10.1 Å². The molecule has 2 aliphatic heterocycles. The fourth-order valence-electron chi connectivity index (χ4n) is 3.52. The normalized spacial score (nSPS) is 21.8. The van der Waals surface area contributed by atoms with Gasteiger partial charge >= 0.3 is 0 Å². The average molecular weight is 358 g/mol. The summed E-state index contributed by atoms with van der Waals surface area (Å²) in [6.45, 7) is 1.75. The molecule has 1 aromatic heterocycles. The summed E-state index contributed by atoms with van der Waals surface area (Å²) in [7, 11) is 0. The van der Waals surface area contributed by atoms with E-state index in [1.165, 1.54) is 6.92 Å². The highest BCUT2D eigenvalue weighted by atomic mass is 35.5. The van der Waals surface area contributed by atoms with Gasteiger partial charge < -0.3 is 9.47 Å². The molecule has 25 heavy (non-hydrogen) atoms. The number of amides is 1. The van der Waals surface area contributed by atoms with Crippen molar-refractivity contribution in [3.8, 4) is 11.5 Å². The molecule has 0 spiro atoms. The van der Waals surface area contributed by atoms with Gasteiger partial charge in [0.25, 0.3) is 0 Å². The maximum Gasteiger partial charge on any atom is 0.240 e. The third kappa shape index (κ3) is 2.43. The van der Waals surface area contributed by atoms with Crippen LogP contribution in [-0.2, 0) is 4.79 Å². The highest BCUT2D eigenvalue weighted by molar-refractivity contribution is 6.30. The molecule has 7 heteroatoms. The molecule has 1 aliphatic carbocycles. The summed E-state index contributed by atoms with van der Waals surface area (Å²) in [5.41, 5.74) is 2.67. The molecule has 128 valence electrons. The van der Waals surface area contributed by atoms with Crippen molar-refractivity contribution in [3.05, 3.63) is 28.9 Å². The van der Waals surface area contributed by atoms with E-state index in [0.717, 1.165) is 41.4 Å². The number of halogens is 1. The van der Waals surface area contributed by atoms with Gasteiger partial charge in [0.05, 0.1) is 11.6 Å². The van der Waals surface area contributed by atoms with Gasteiger partial charge in [0, 0.05) is 36.1 Å². The number of benzene rings is 1. The summed E-state index contributed by atoms with van der Waals surface area (Å²) >= 11 is 6.48.